The van der Waals surface area contributed by atoms with Crippen molar-refractivity contribution < 1.29 is 0 Å². The zero-order valence-electron chi connectivity index (χ0n) is 24.4. The van der Waals surface area contributed by atoms with E-state index in [4.69, 9.17) is 0 Å². The Labute approximate surface area is 280 Å². The van der Waals surface area contributed by atoms with Gasteiger partial charge in [-0.3, -0.25) is 0 Å². The lowest BCUT2D eigenvalue weighted by molar-refractivity contribution is 1.11. The minimum Gasteiger partial charge on any atom is -0.160 e. The lowest BCUT2D eigenvalue weighted by Gasteiger charge is -2.20. The van der Waals surface area contributed by atoms with Crippen LogP contribution >= 0.6 is 58.8 Å². The molecule has 0 aromatic heterocycles. The van der Waals surface area contributed by atoms with Gasteiger partial charge in [-0.15, -0.1) is 47.0 Å². The molecule has 2 atom stereocenters. The second-order valence-electron chi connectivity index (χ2n) is 9.73. The summed E-state index contributed by atoms with van der Waals surface area (Å²) in [6, 6.07) is 34.9. The first-order valence-corrected chi connectivity index (χ1v) is 19.0. The van der Waals surface area contributed by atoms with Crippen molar-refractivity contribution >= 4 is 83.1 Å². The van der Waals surface area contributed by atoms with Crippen LogP contribution in [0.2, 0.25) is 0 Å². The fraction of sp³-hybridized carbons (Fsp3) is 0.158. The molecule has 0 fully saturated rings. The zero-order chi connectivity index (χ0) is 30.3. The molecule has 0 aliphatic rings. The third-order valence-corrected chi connectivity index (χ3v) is 13.4. The molecule has 2 unspecified atom stereocenters. The second kappa shape index (κ2) is 18.4. The minimum absolute atomic E-state index is 0.486. The fourth-order valence-electron chi connectivity index (χ4n) is 4.09. The van der Waals surface area contributed by atoms with E-state index < -0.39 is 0 Å². The number of hydrogen-bond donors (Lipinski definition) is 0. The molecule has 0 aliphatic carbocycles. The molecular formula is C38H38S5. The Morgan fingerprint density at radius 1 is 0.395 bits per heavy atom. The normalized spacial score (nSPS) is 12.3. The first-order chi connectivity index (χ1) is 21.1. The summed E-state index contributed by atoms with van der Waals surface area (Å²) >= 11 is 9.93. The van der Waals surface area contributed by atoms with Crippen LogP contribution in [-0.4, -0.2) is 33.5 Å². The Kier molecular flexibility index (Phi) is 14.3. The molecule has 0 saturated heterocycles. The molecule has 0 saturated carbocycles. The third kappa shape index (κ3) is 11.6. The standard InChI is InChI=1S/C38H38S5/c1-5-29-9-17-33(18-10-29)40-27-37(42-35-21-13-31(7-3)14-22-35)25-39-26-38(43-36-23-15-32(8-4)16-24-36)28-41-34-19-11-30(6-2)12-20-34/h5-24,37-38H,1-4,25-28H2. The Balaban J connectivity index is 1.41. The van der Waals surface area contributed by atoms with Crippen LogP contribution < -0.4 is 0 Å². The van der Waals surface area contributed by atoms with E-state index in [1.54, 1.807) is 0 Å². The molecule has 220 valence electrons. The van der Waals surface area contributed by atoms with Crippen LogP contribution in [0.5, 0.6) is 0 Å². The molecular weight excluding hydrogens is 617 g/mol. The van der Waals surface area contributed by atoms with Gasteiger partial charge >= 0.3 is 0 Å². The van der Waals surface area contributed by atoms with Crippen LogP contribution in [-0.2, 0) is 0 Å². The topological polar surface area (TPSA) is 0 Å². The first kappa shape index (κ1) is 33.5. The molecule has 4 rings (SSSR count). The maximum absolute atomic E-state index is 3.90. The quantitative estimate of drug-likeness (QED) is 0.0976. The summed E-state index contributed by atoms with van der Waals surface area (Å²) in [5.41, 5.74) is 4.63. The average molecular weight is 655 g/mol. The second-order valence-corrected chi connectivity index (χ2v) is 15.7. The van der Waals surface area contributed by atoms with Gasteiger partial charge in [-0.1, -0.05) is 99.2 Å². The predicted molar refractivity (Wildman–Crippen MR) is 204 cm³/mol. The van der Waals surface area contributed by atoms with Gasteiger partial charge in [-0.2, -0.15) is 11.8 Å². The van der Waals surface area contributed by atoms with Crippen LogP contribution in [0, 0.1) is 0 Å². The third-order valence-electron chi connectivity index (χ3n) is 6.55. The smallest absolute Gasteiger partial charge is 0.0279 e. The van der Waals surface area contributed by atoms with Crippen LogP contribution in [0.1, 0.15) is 22.3 Å². The SMILES string of the molecule is C=Cc1ccc(SCC(CSCC(CSc2ccc(C=C)cc2)Sc2ccc(C=C)cc2)Sc2ccc(C=C)cc2)cc1. The molecule has 0 nitrogen and oxygen atoms in total. The van der Waals surface area contributed by atoms with E-state index in [-0.39, 0.29) is 0 Å². The van der Waals surface area contributed by atoms with Gasteiger partial charge in [0.1, 0.15) is 0 Å². The Morgan fingerprint density at radius 3 is 0.953 bits per heavy atom. The van der Waals surface area contributed by atoms with Crippen LogP contribution in [0.3, 0.4) is 0 Å². The number of rotatable bonds is 18. The largest absolute Gasteiger partial charge is 0.160 e. The maximum atomic E-state index is 3.90. The van der Waals surface area contributed by atoms with Crippen molar-refractivity contribution in [1.29, 1.82) is 0 Å². The van der Waals surface area contributed by atoms with Crippen LogP contribution in [0.25, 0.3) is 24.3 Å². The lowest BCUT2D eigenvalue weighted by Crippen LogP contribution is -2.15. The van der Waals surface area contributed by atoms with Gasteiger partial charge in [-0.25, -0.2) is 0 Å². The van der Waals surface area contributed by atoms with Crippen molar-refractivity contribution in [1.82, 2.24) is 0 Å². The average Bonchev–Trinajstić information content (AvgIpc) is 3.07. The highest BCUT2D eigenvalue weighted by Crippen LogP contribution is 2.35. The van der Waals surface area contributed by atoms with Crippen molar-refractivity contribution in [3.63, 3.8) is 0 Å². The highest BCUT2D eigenvalue weighted by molar-refractivity contribution is 8.07. The van der Waals surface area contributed by atoms with E-state index in [0.717, 1.165) is 45.3 Å². The maximum Gasteiger partial charge on any atom is 0.0279 e. The molecule has 43 heavy (non-hydrogen) atoms. The summed E-state index contributed by atoms with van der Waals surface area (Å²) < 4.78 is 0. The van der Waals surface area contributed by atoms with E-state index in [9.17, 15) is 0 Å². The fourth-order valence-corrected chi connectivity index (χ4v) is 10.4. The van der Waals surface area contributed by atoms with E-state index in [2.05, 4.69) is 135 Å². The Bertz CT molecular complexity index is 1330. The van der Waals surface area contributed by atoms with Crippen molar-refractivity contribution in [3.05, 3.63) is 146 Å². The summed E-state index contributed by atoms with van der Waals surface area (Å²) in [5.74, 6) is 4.30. The van der Waals surface area contributed by atoms with Gasteiger partial charge in [0.05, 0.1) is 0 Å². The first-order valence-electron chi connectivity index (χ1n) is 14.1. The highest BCUT2D eigenvalue weighted by Gasteiger charge is 2.16. The predicted octanol–water partition coefficient (Wildman–Crippen LogP) is 12.2. The molecule has 4 aromatic carbocycles. The molecule has 5 heteroatoms. The zero-order valence-corrected chi connectivity index (χ0v) is 28.5. The van der Waals surface area contributed by atoms with Gasteiger partial charge in [0, 0.05) is 53.1 Å². The molecule has 0 amide bonds. The molecule has 0 aliphatic heterocycles. The lowest BCUT2D eigenvalue weighted by atomic mass is 10.2. The summed E-state index contributed by atoms with van der Waals surface area (Å²) in [6.45, 7) is 15.6. The van der Waals surface area contributed by atoms with Gasteiger partial charge in [0.2, 0.25) is 0 Å². The van der Waals surface area contributed by atoms with Crippen molar-refractivity contribution in [2.45, 2.75) is 30.1 Å². The molecule has 0 bridgehead atoms. The minimum atomic E-state index is 0.486. The van der Waals surface area contributed by atoms with E-state index in [1.165, 1.54) is 19.6 Å². The summed E-state index contributed by atoms with van der Waals surface area (Å²) in [5, 5.41) is 0.973. The number of thioether (sulfide) groups is 5. The molecule has 0 heterocycles. The van der Waals surface area contributed by atoms with Crippen LogP contribution in [0.15, 0.2) is 143 Å². The molecule has 0 N–H and O–H groups in total. The monoisotopic (exact) mass is 654 g/mol. The van der Waals surface area contributed by atoms with Crippen molar-refractivity contribution in [2.24, 2.45) is 0 Å². The van der Waals surface area contributed by atoms with E-state index >= 15 is 0 Å². The Hall–Kier alpha value is -2.41. The summed E-state index contributed by atoms with van der Waals surface area (Å²) in [6.07, 6.45) is 7.60. The highest BCUT2D eigenvalue weighted by atomic mass is 32.2. The van der Waals surface area contributed by atoms with E-state index in [1.807, 2.05) is 71.4 Å². The van der Waals surface area contributed by atoms with Gasteiger partial charge in [0.15, 0.2) is 0 Å². The molecule has 0 radical (unpaired) electrons. The van der Waals surface area contributed by atoms with Crippen LogP contribution in [0.4, 0.5) is 0 Å². The Morgan fingerprint density at radius 2 is 0.674 bits per heavy atom. The van der Waals surface area contributed by atoms with Crippen molar-refractivity contribution in [2.75, 3.05) is 23.0 Å². The number of hydrogen-bond acceptors (Lipinski definition) is 5. The van der Waals surface area contributed by atoms with Gasteiger partial charge < -0.3 is 0 Å². The van der Waals surface area contributed by atoms with E-state index in [0.29, 0.717) is 10.5 Å². The van der Waals surface area contributed by atoms with Gasteiger partial charge in [0.25, 0.3) is 0 Å². The summed E-state index contributed by atoms with van der Waals surface area (Å²) in [7, 11) is 0. The van der Waals surface area contributed by atoms with Crippen molar-refractivity contribution in [3.8, 4) is 0 Å². The number of benzene rings is 4. The molecule has 0 spiro atoms. The molecule has 4 aromatic rings. The summed E-state index contributed by atoms with van der Waals surface area (Å²) in [4.78, 5) is 5.23. The van der Waals surface area contributed by atoms with Gasteiger partial charge in [-0.05, 0) is 70.8 Å².